The number of rotatable bonds is 8. The minimum atomic E-state index is -0.501. The molecule has 3 aromatic carbocycles. The largest absolute Gasteiger partial charge is 0.494 e. The van der Waals surface area contributed by atoms with Crippen molar-refractivity contribution in [3.8, 4) is 17.6 Å². The highest BCUT2D eigenvalue weighted by Gasteiger charge is 2.10. The number of benzene rings is 3. The number of anilines is 1. The van der Waals surface area contributed by atoms with Crippen LogP contribution in [0, 0.1) is 11.3 Å². The van der Waals surface area contributed by atoms with Gasteiger partial charge in [-0.1, -0.05) is 47.5 Å². The van der Waals surface area contributed by atoms with E-state index in [2.05, 4.69) is 5.32 Å². The molecule has 0 bridgehead atoms. The highest BCUT2D eigenvalue weighted by Crippen LogP contribution is 2.23. The Morgan fingerprint density at radius 1 is 1.03 bits per heavy atom. The maximum Gasteiger partial charge on any atom is 0.266 e. The average Bonchev–Trinajstić information content (AvgIpc) is 2.78. The van der Waals surface area contributed by atoms with Crippen LogP contribution in [0.2, 0.25) is 10.0 Å². The number of ether oxygens (including phenoxy) is 2. The van der Waals surface area contributed by atoms with Gasteiger partial charge in [0.15, 0.2) is 0 Å². The minimum absolute atomic E-state index is 0.0200. The smallest absolute Gasteiger partial charge is 0.266 e. The van der Waals surface area contributed by atoms with Crippen LogP contribution in [-0.2, 0) is 11.4 Å². The van der Waals surface area contributed by atoms with E-state index >= 15 is 0 Å². The van der Waals surface area contributed by atoms with E-state index in [1.807, 2.05) is 19.1 Å². The lowest BCUT2D eigenvalue weighted by Gasteiger charge is -2.09. The molecular formula is C25H20Cl2N2O3. The van der Waals surface area contributed by atoms with Crippen LogP contribution in [0.3, 0.4) is 0 Å². The van der Waals surface area contributed by atoms with E-state index in [-0.39, 0.29) is 12.2 Å². The van der Waals surface area contributed by atoms with Crippen LogP contribution in [0.25, 0.3) is 6.08 Å². The number of amides is 1. The van der Waals surface area contributed by atoms with Gasteiger partial charge in [0.25, 0.3) is 5.91 Å². The normalized spacial score (nSPS) is 10.9. The van der Waals surface area contributed by atoms with Gasteiger partial charge in [-0.2, -0.15) is 5.26 Å². The van der Waals surface area contributed by atoms with Gasteiger partial charge in [0, 0.05) is 27.4 Å². The SMILES string of the molecule is CCOc1cccc(NC(=O)/C(C#N)=C\c2ccc(OCc3ccc(Cl)cc3Cl)cc2)c1. The number of nitriles is 1. The van der Waals surface area contributed by atoms with Crippen molar-refractivity contribution in [3.63, 3.8) is 0 Å². The fourth-order valence-electron chi connectivity index (χ4n) is 2.80. The minimum Gasteiger partial charge on any atom is -0.494 e. The third-order valence-corrected chi connectivity index (χ3v) is 4.96. The Morgan fingerprint density at radius 3 is 2.50 bits per heavy atom. The summed E-state index contributed by atoms with van der Waals surface area (Å²) in [5.74, 6) is 0.769. The summed E-state index contributed by atoms with van der Waals surface area (Å²) in [7, 11) is 0. The number of carbonyl (C=O) groups is 1. The predicted octanol–water partition coefficient (Wildman–Crippen LogP) is 6.52. The summed E-state index contributed by atoms with van der Waals surface area (Å²) in [6.07, 6.45) is 1.52. The molecule has 0 saturated heterocycles. The summed E-state index contributed by atoms with van der Waals surface area (Å²) >= 11 is 12.1. The molecule has 0 atom stereocenters. The molecule has 162 valence electrons. The standard InChI is InChI=1S/C25H20Cl2N2O3/c1-2-31-23-5-3-4-21(14-23)29-25(30)19(15-28)12-17-6-10-22(11-7-17)32-16-18-8-9-20(26)13-24(18)27/h3-14H,2,16H2,1H3,(H,29,30)/b19-12-. The molecule has 0 radical (unpaired) electrons. The van der Waals surface area contributed by atoms with E-state index in [0.717, 1.165) is 5.56 Å². The van der Waals surface area contributed by atoms with Crippen molar-refractivity contribution in [2.24, 2.45) is 0 Å². The number of nitrogens with one attached hydrogen (secondary N) is 1. The van der Waals surface area contributed by atoms with E-state index in [9.17, 15) is 10.1 Å². The van der Waals surface area contributed by atoms with Crippen LogP contribution in [0.5, 0.6) is 11.5 Å². The van der Waals surface area contributed by atoms with Gasteiger partial charge in [0.1, 0.15) is 29.7 Å². The van der Waals surface area contributed by atoms with Gasteiger partial charge in [-0.05, 0) is 55.0 Å². The summed E-state index contributed by atoms with van der Waals surface area (Å²) in [6.45, 7) is 2.69. The molecule has 1 N–H and O–H groups in total. The van der Waals surface area contributed by atoms with Crippen molar-refractivity contribution >= 4 is 40.9 Å². The molecule has 0 spiro atoms. The lowest BCUT2D eigenvalue weighted by atomic mass is 10.1. The summed E-state index contributed by atoms with van der Waals surface area (Å²) in [5, 5.41) is 13.2. The van der Waals surface area contributed by atoms with Gasteiger partial charge in [0.05, 0.1) is 6.61 Å². The van der Waals surface area contributed by atoms with E-state index in [4.69, 9.17) is 32.7 Å². The van der Waals surface area contributed by atoms with Crippen molar-refractivity contribution in [2.75, 3.05) is 11.9 Å². The quantitative estimate of drug-likeness (QED) is 0.303. The van der Waals surface area contributed by atoms with Crippen molar-refractivity contribution in [1.82, 2.24) is 0 Å². The summed E-state index contributed by atoms with van der Waals surface area (Å²) in [4.78, 5) is 12.5. The van der Waals surface area contributed by atoms with E-state index in [0.29, 0.717) is 39.4 Å². The molecule has 3 aromatic rings. The van der Waals surface area contributed by atoms with E-state index < -0.39 is 5.91 Å². The van der Waals surface area contributed by atoms with Crippen LogP contribution in [0.1, 0.15) is 18.1 Å². The second-order valence-electron chi connectivity index (χ2n) is 6.68. The maximum absolute atomic E-state index is 12.5. The average molecular weight is 467 g/mol. The Hall–Kier alpha value is -3.46. The molecule has 0 unspecified atom stereocenters. The zero-order valence-electron chi connectivity index (χ0n) is 17.3. The number of carbonyl (C=O) groups excluding carboxylic acids is 1. The first-order chi connectivity index (χ1) is 15.5. The molecule has 32 heavy (non-hydrogen) atoms. The van der Waals surface area contributed by atoms with Crippen LogP contribution in [-0.4, -0.2) is 12.5 Å². The molecule has 0 aliphatic rings. The van der Waals surface area contributed by atoms with Gasteiger partial charge < -0.3 is 14.8 Å². The molecule has 0 aliphatic carbocycles. The number of hydrogen-bond donors (Lipinski definition) is 1. The van der Waals surface area contributed by atoms with Crippen molar-refractivity contribution < 1.29 is 14.3 Å². The molecule has 0 aliphatic heterocycles. The number of halogens is 2. The fourth-order valence-corrected chi connectivity index (χ4v) is 3.27. The molecule has 0 saturated carbocycles. The molecule has 5 nitrogen and oxygen atoms in total. The first-order valence-corrected chi connectivity index (χ1v) is 10.6. The Bertz CT molecular complexity index is 1170. The molecule has 0 fully saturated rings. The highest BCUT2D eigenvalue weighted by atomic mass is 35.5. The number of nitrogens with zero attached hydrogens (tertiary/aromatic N) is 1. The van der Waals surface area contributed by atoms with E-state index in [1.54, 1.807) is 60.7 Å². The van der Waals surface area contributed by atoms with Crippen molar-refractivity contribution in [2.45, 2.75) is 13.5 Å². The zero-order valence-corrected chi connectivity index (χ0v) is 18.8. The Kier molecular flexibility index (Phi) is 8.15. The van der Waals surface area contributed by atoms with Crippen molar-refractivity contribution in [3.05, 3.63) is 93.5 Å². The summed E-state index contributed by atoms with van der Waals surface area (Å²) in [6, 6.07) is 21.2. The maximum atomic E-state index is 12.5. The van der Waals surface area contributed by atoms with Gasteiger partial charge in [0.2, 0.25) is 0 Å². The predicted molar refractivity (Wildman–Crippen MR) is 127 cm³/mol. The first-order valence-electron chi connectivity index (χ1n) is 9.81. The van der Waals surface area contributed by atoms with Crippen LogP contribution in [0.4, 0.5) is 5.69 Å². The molecule has 0 aromatic heterocycles. The van der Waals surface area contributed by atoms with Gasteiger partial charge in [-0.3, -0.25) is 4.79 Å². The fraction of sp³-hybridized carbons (Fsp3) is 0.120. The molecule has 1 amide bonds. The molecule has 0 heterocycles. The molecular weight excluding hydrogens is 447 g/mol. The third kappa shape index (κ3) is 6.52. The summed E-state index contributed by atoms with van der Waals surface area (Å²) in [5.41, 5.74) is 2.04. The van der Waals surface area contributed by atoms with Gasteiger partial charge >= 0.3 is 0 Å². The third-order valence-electron chi connectivity index (χ3n) is 4.37. The van der Waals surface area contributed by atoms with Crippen LogP contribution < -0.4 is 14.8 Å². The Labute approximate surface area is 196 Å². The van der Waals surface area contributed by atoms with E-state index in [1.165, 1.54) is 6.08 Å². The van der Waals surface area contributed by atoms with Crippen LogP contribution >= 0.6 is 23.2 Å². The highest BCUT2D eigenvalue weighted by molar-refractivity contribution is 6.35. The van der Waals surface area contributed by atoms with Crippen molar-refractivity contribution in [1.29, 1.82) is 5.26 Å². The van der Waals surface area contributed by atoms with Crippen LogP contribution in [0.15, 0.2) is 72.3 Å². The Balaban J connectivity index is 1.64. The molecule has 7 heteroatoms. The summed E-state index contributed by atoms with van der Waals surface area (Å²) < 4.78 is 11.2. The zero-order chi connectivity index (χ0) is 22.9. The lowest BCUT2D eigenvalue weighted by molar-refractivity contribution is -0.112. The second-order valence-corrected chi connectivity index (χ2v) is 7.52. The monoisotopic (exact) mass is 466 g/mol. The topological polar surface area (TPSA) is 71.3 Å². The second kappa shape index (κ2) is 11.2. The number of hydrogen-bond acceptors (Lipinski definition) is 4. The van der Waals surface area contributed by atoms with Gasteiger partial charge in [-0.15, -0.1) is 0 Å². The molecule has 3 rings (SSSR count). The first kappa shape index (κ1) is 23.2. The van der Waals surface area contributed by atoms with Gasteiger partial charge in [-0.25, -0.2) is 0 Å². The Morgan fingerprint density at radius 2 is 1.81 bits per heavy atom. The lowest BCUT2D eigenvalue weighted by Crippen LogP contribution is -2.13.